The number of aromatic hydroxyl groups is 1. The molecule has 34 heavy (non-hydrogen) atoms. The van der Waals surface area contributed by atoms with E-state index in [9.17, 15) is 18.3 Å². The van der Waals surface area contributed by atoms with Crippen LogP contribution in [0.1, 0.15) is 32.6 Å². The van der Waals surface area contributed by atoms with Gasteiger partial charge in [-0.2, -0.15) is 5.10 Å². The molecule has 0 saturated carbocycles. The number of carbonyl (C=O) groups excluding carboxylic acids is 1. The minimum Gasteiger partial charge on any atom is -0.504 e. The van der Waals surface area contributed by atoms with Crippen molar-refractivity contribution in [3.05, 3.63) is 88.5 Å². The van der Waals surface area contributed by atoms with Gasteiger partial charge in [-0.25, -0.2) is 13.8 Å². The van der Waals surface area contributed by atoms with Crippen LogP contribution in [0.4, 0.5) is 5.69 Å². The fraction of sp³-hybridized carbons (Fsp3) is 0.200. The topological polar surface area (TPSA) is 108 Å². The van der Waals surface area contributed by atoms with Crippen LogP contribution >= 0.6 is 0 Å². The van der Waals surface area contributed by atoms with E-state index in [-0.39, 0.29) is 12.3 Å². The molecule has 3 rings (SSSR count). The highest BCUT2D eigenvalue weighted by molar-refractivity contribution is 7.92. The lowest BCUT2D eigenvalue weighted by atomic mass is 10.1. The van der Waals surface area contributed by atoms with Gasteiger partial charge in [0.05, 0.1) is 31.8 Å². The Kier molecular flexibility index (Phi) is 7.57. The van der Waals surface area contributed by atoms with E-state index >= 15 is 0 Å². The van der Waals surface area contributed by atoms with Crippen LogP contribution in [0.15, 0.2) is 65.8 Å². The second kappa shape index (κ2) is 10.4. The molecule has 0 atom stereocenters. The number of hydrogen-bond acceptors (Lipinski definition) is 6. The quantitative estimate of drug-likeness (QED) is 0.376. The van der Waals surface area contributed by atoms with Crippen molar-refractivity contribution in [3.8, 4) is 11.5 Å². The molecule has 0 bridgehead atoms. The van der Waals surface area contributed by atoms with E-state index in [1.165, 1.54) is 30.0 Å². The van der Waals surface area contributed by atoms with Crippen molar-refractivity contribution >= 4 is 27.8 Å². The van der Waals surface area contributed by atoms with Crippen LogP contribution in [0, 0.1) is 13.8 Å². The first-order valence-electron chi connectivity index (χ1n) is 10.4. The maximum Gasteiger partial charge on any atom is 0.271 e. The summed E-state index contributed by atoms with van der Waals surface area (Å²) in [6.07, 6.45) is 2.60. The number of nitrogens with zero attached hydrogens (tertiary/aromatic N) is 2. The summed E-state index contributed by atoms with van der Waals surface area (Å²) in [6, 6.07) is 16.9. The number of hydrogen-bond donors (Lipinski definition) is 2. The number of aryl methyl sites for hydroxylation is 2. The number of benzene rings is 3. The summed E-state index contributed by atoms with van der Waals surface area (Å²) >= 11 is 0. The summed E-state index contributed by atoms with van der Waals surface area (Å²) < 4.78 is 31.2. The Hall–Kier alpha value is -3.85. The Morgan fingerprint density at radius 2 is 1.76 bits per heavy atom. The third kappa shape index (κ3) is 6.14. The van der Waals surface area contributed by atoms with Crippen LogP contribution in [0.25, 0.3) is 0 Å². The smallest absolute Gasteiger partial charge is 0.271 e. The Morgan fingerprint density at radius 1 is 1.06 bits per heavy atom. The molecule has 0 unspecified atom stereocenters. The van der Waals surface area contributed by atoms with Crippen LogP contribution in [0.3, 0.4) is 0 Å². The van der Waals surface area contributed by atoms with Crippen molar-refractivity contribution < 1.29 is 23.1 Å². The lowest BCUT2D eigenvalue weighted by Crippen LogP contribution is -2.29. The van der Waals surface area contributed by atoms with Crippen molar-refractivity contribution in [2.24, 2.45) is 5.10 Å². The standard InChI is InChI=1S/C25H27N3O5S/c1-17-5-11-22(13-18(17)2)28(34(4,31)32)16-19-6-9-21(10-7-19)25(30)27-26-15-20-8-12-23(29)24(14-20)33-3/h5-15,29H,16H2,1-4H3,(H,27,30)/b26-15-. The van der Waals surface area contributed by atoms with Gasteiger partial charge < -0.3 is 9.84 Å². The average molecular weight is 482 g/mol. The van der Waals surface area contributed by atoms with E-state index in [0.29, 0.717) is 22.6 Å². The number of sulfonamides is 1. The largest absolute Gasteiger partial charge is 0.504 e. The average Bonchev–Trinajstić information content (AvgIpc) is 2.80. The number of anilines is 1. The van der Waals surface area contributed by atoms with Gasteiger partial charge in [-0.15, -0.1) is 0 Å². The third-order valence-electron chi connectivity index (χ3n) is 5.30. The zero-order chi connectivity index (χ0) is 24.9. The Labute approximate surface area is 199 Å². The maximum absolute atomic E-state index is 12.4. The molecule has 0 heterocycles. The van der Waals surface area contributed by atoms with Crippen LogP contribution in [-0.2, 0) is 16.6 Å². The fourth-order valence-electron chi connectivity index (χ4n) is 3.21. The Morgan fingerprint density at radius 3 is 2.38 bits per heavy atom. The highest BCUT2D eigenvalue weighted by atomic mass is 32.2. The molecule has 8 nitrogen and oxygen atoms in total. The second-order valence-corrected chi connectivity index (χ2v) is 9.77. The summed E-state index contributed by atoms with van der Waals surface area (Å²) in [4.78, 5) is 12.4. The third-order valence-corrected chi connectivity index (χ3v) is 6.45. The summed E-state index contributed by atoms with van der Waals surface area (Å²) in [5, 5.41) is 13.6. The van der Waals surface area contributed by atoms with E-state index in [1.54, 1.807) is 42.5 Å². The number of amides is 1. The molecule has 0 saturated heterocycles. The van der Waals surface area contributed by atoms with Gasteiger partial charge in [0.1, 0.15) is 0 Å². The van der Waals surface area contributed by atoms with Gasteiger partial charge in [-0.1, -0.05) is 18.2 Å². The second-order valence-electron chi connectivity index (χ2n) is 7.87. The molecule has 3 aromatic rings. The van der Waals surface area contributed by atoms with E-state index in [0.717, 1.165) is 16.7 Å². The minimum absolute atomic E-state index is 0.00993. The zero-order valence-electron chi connectivity index (χ0n) is 19.4. The molecule has 0 fully saturated rings. The van der Waals surface area contributed by atoms with Crippen molar-refractivity contribution in [1.29, 1.82) is 0 Å². The Balaban J connectivity index is 1.69. The molecule has 3 aromatic carbocycles. The van der Waals surface area contributed by atoms with Crippen molar-refractivity contribution in [1.82, 2.24) is 5.43 Å². The number of methoxy groups -OCH3 is 1. The van der Waals surface area contributed by atoms with E-state index in [4.69, 9.17) is 4.74 Å². The van der Waals surface area contributed by atoms with Gasteiger partial charge in [-0.3, -0.25) is 9.10 Å². The molecular weight excluding hydrogens is 454 g/mol. The summed E-state index contributed by atoms with van der Waals surface area (Å²) in [5.41, 5.74) is 6.87. The number of ether oxygens (including phenoxy) is 1. The molecule has 0 spiro atoms. The number of nitrogens with one attached hydrogen (secondary N) is 1. The normalized spacial score (nSPS) is 11.4. The maximum atomic E-state index is 12.4. The van der Waals surface area contributed by atoms with Crippen LogP contribution in [0.2, 0.25) is 0 Å². The molecule has 9 heteroatoms. The SMILES string of the molecule is COc1cc(/C=N\NC(=O)c2ccc(CN(c3ccc(C)c(C)c3)S(C)(=O)=O)cc2)ccc1O. The molecule has 0 aliphatic heterocycles. The molecule has 0 aliphatic carbocycles. The first-order valence-corrected chi connectivity index (χ1v) is 12.3. The number of rotatable bonds is 8. The van der Waals surface area contributed by atoms with Crippen LogP contribution in [-0.4, -0.2) is 39.0 Å². The van der Waals surface area contributed by atoms with Gasteiger partial charge in [0.25, 0.3) is 5.91 Å². The van der Waals surface area contributed by atoms with Crippen molar-refractivity contribution in [2.75, 3.05) is 17.7 Å². The van der Waals surface area contributed by atoms with Crippen molar-refractivity contribution in [3.63, 3.8) is 0 Å². The highest BCUT2D eigenvalue weighted by Crippen LogP contribution is 2.26. The number of hydrazone groups is 1. The van der Waals surface area contributed by atoms with Gasteiger partial charge in [-0.05, 0) is 78.6 Å². The molecule has 0 aliphatic rings. The molecule has 2 N–H and O–H groups in total. The minimum atomic E-state index is -3.51. The van der Waals surface area contributed by atoms with Crippen LogP contribution in [0.5, 0.6) is 11.5 Å². The summed E-state index contributed by atoms with van der Waals surface area (Å²) in [7, 11) is -2.07. The van der Waals surface area contributed by atoms with Gasteiger partial charge >= 0.3 is 0 Å². The summed E-state index contributed by atoms with van der Waals surface area (Å²) in [6.45, 7) is 4.05. The van der Waals surface area contributed by atoms with Crippen LogP contribution < -0.4 is 14.5 Å². The molecule has 178 valence electrons. The molecule has 1 amide bonds. The number of carbonyl (C=O) groups is 1. The molecule has 0 aromatic heterocycles. The van der Waals surface area contributed by atoms with E-state index < -0.39 is 15.9 Å². The first-order chi connectivity index (χ1) is 16.1. The molecular formula is C25H27N3O5S. The van der Waals surface area contributed by atoms with Gasteiger partial charge in [0, 0.05) is 5.56 Å². The number of phenolic OH excluding ortho intramolecular Hbond substituents is 1. The van der Waals surface area contributed by atoms with Crippen molar-refractivity contribution in [2.45, 2.75) is 20.4 Å². The monoisotopic (exact) mass is 481 g/mol. The first kappa shape index (κ1) is 24.8. The predicted octanol–water partition coefficient (Wildman–Crippen LogP) is 3.75. The zero-order valence-corrected chi connectivity index (χ0v) is 20.3. The summed E-state index contributed by atoms with van der Waals surface area (Å²) in [5.74, 6) is -0.104. The lowest BCUT2D eigenvalue weighted by molar-refractivity contribution is 0.0955. The lowest BCUT2D eigenvalue weighted by Gasteiger charge is -2.23. The number of phenols is 1. The van der Waals surface area contributed by atoms with E-state index in [1.807, 2.05) is 26.0 Å². The highest BCUT2D eigenvalue weighted by Gasteiger charge is 2.18. The van der Waals surface area contributed by atoms with Gasteiger partial charge in [0.2, 0.25) is 10.0 Å². The predicted molar refractivity (Wildman–Crippen MR) is 133 cm³/mol. The fourth-order valence-corrected chi connectivity index (χ4v) is 4.09. The van der Waals surface area contributed by atoms with Gasteiger partial charge in [0.15, 0.2) is 11.5 Å². The molecule has 0 radical (unpaired) electrons. The Bertz CT molecular complexity index is 1320. The van der Waals surface area contributed by atoms with E-state index in [2.05, 4.69) is 10.5 Å².